The number of halogens is 1. The van der Waals surface area contributed by atoms with E-state index >= 15 is 0 Å². The number of benzene rings is 1. The average molecular weight is 477 g/mol. The van der Waals surface area contributed by atoms with E-state index in [1.54, 1.807) is 13.1 Å². The van der Waals surface area contributed by atoms with Crippen molar-refractivity contribution < 1.29 is 9.21 Å². The lowest BCUT2D eigenvalue weighted by Gasteiger charge is -2.40. The molecule has 5 heterocycles. The molecule has 2 aliphatic rings. The van der Waals surface area contributed by atoms with Gasteiger partial charge >= 0.3 is 0 Å². The number of fused-ring (bicyclic) bond motifs is 3. The van der Waals surface area contributed by atoms with E-state index < -0.39 is 0 Å². The molecule has 34 heavy (non-hydrogen) atoms. The van der Waals surface area contributed by atoms with Crippen molar-refractivity contribution in [1.29, 1.82) is 0 Å². The van der Waals surface area contributed by atoms with Gasteiger partial charge in [-0.1, -0.05) is 23.7 Å². The first-order valence-corrected chi connectivity index (χ1v) is 11.9. The number of amides is 1. The molecule has 0 radical (unpaired) electrons. The third kappa shape index (κ3) is 3.58. The molecule has 2 atom stereocenters. The highest BCUT2D eigenvalue weighted by Gasteiger charge is 2.44. The van der Waals surface area contributed by atoms with Gasteiger partial charge < -0.3 is 9.32 Å². The van der Waals surface area contributed by atoms with Crippen LogP contribution in [0.5, 0.6) is 0 Å². The summed E-state index contributed by atoms with van der Waals surface area (Å²) in [5.74, 6) is 1.55. The maximum absolute atomic E-state index is 13.3. The summed E-state index contributed by atoms with van der Waals surface area (Å²) in [4.78, 5) is 31.3. The summed E-state index contributed by atoms with van der Waals surface area (Å²) in [6, 6.07) is 10.0. The molecule has 2 unspecified atom stereocenters. The number of carbonyl (C=O) groups excluding carboxylic acids is 1. The molecule has 6 rings (SSSR count). The first-order valence-electron chi connectivity index (χ1n) is 11.5. The number of rotatable bonds is 4. The molecule has 2 bridgehead atoms. The third-order valence-electron chi connectivity index (χ3n) is 6.88. The van der Waals surface area contributed by atoms with Crippen molar-refractivity contribution in [2.75, 3.05) is 13.1 Å². The number of oxazole rings is 1. The number of piperazine rings is 1. The summed E-state index contributed by atoms with van der Waals surface area (Å²) in [7, 11) is 0. The first kappa shape index (κ1) is 21.3. The minimum atomic E-state index is -0.0360. The predicted octanol–water partition coefficient (Wildman–Crippen LogP) is 4.14. The number of likely N-dealkylation sites (tertiary alicyclic amines) is 1. The van der Waals surface area contributed by atoms with Gasteiger partial charge in [0.2, 0.25) is 11.5 Å². The molecule has 1 amide bonds. The highest BCUT2D eigenvalue weighted by Crippen LogP contribution is 2.34. The maximum atomic E-state index is 13.3. The summed E-state index contributed by atoms with van der Waals surface area (Å²) >= 11 is 6.12. The van der Waals surface area contributed by atoms with Gasteiger partial charge in [0.05, 0.1) is 17.1 Å². The molecule has 0 saturated carbocycles. The van der Waals surface area contributed by atoms with Gasteiger partial charge in [-0.2, -0.15) is 0 Å². The number of carbonyl (C=O) groups is 1. The zero-order chi connectivity index (χ0) is 23.4. The number of hydrogen-bond acceptors (Lipinski definition) is 6. The largest absolute Gasteiger partial charge is 0.436 e. The fraction of sp³-hybridized carbons (Fsp3) is 0.360. The Kier molecular flexibility index (Phi) is 5.15. The van der Waals surface area contributed by atoms with Crippen LogP contribution in [-0.4, -0.2) is 60.2 Å². The van der Waals surface area contributed by atoms with Crippen molar-refractivity contribution in [3.05, 3.63) is 70.8 Å². The van der Waals surface area contributed by atoms with E-state index in [0.717, 1.165) is 49.4 Å². The van der Waals surface area contributed by atoms with Gasteiger partial charge in [0.15, 0.2) is 5.89 Å². The van der Waals surface area contributed by atoms with Crippen molar-refractivity contribution >= 4 is 23.3 Å². The molecular formula is C25H25ClN6O2. The molecule has 8 nitrogen and oxygen atoms in total. The molecular weight excluding hydrogens is 452 g/mol. The van der Waals surface area contributed by atoms with Gasteiger partial charge in [0.1, 0.15) is 0 Å². The van der Waals surface area contributed by atoms with Crippen LogP contribution < -0.4 is 0 Å². The number of aromatic nitrogens is 4. The molecule has 1 aromatic carbocycles. The molecule has 2 saturated heterocycles. The van der Waals surface area contributed by atoms with E-state index in [2.05, 4.69) is 19.3 Å². The highest BCUT2D eigenvalue weighted by molar-refractivity contribution is 6.30. The summed E-state index contributed by atoms with van der Waals surface area (Å²) in [6.45, 7) is 5.95. The van der Waals surface area contributed by atoms with Crippen LogP contribution >= 0.6 is 11.6 Å². The molecule has 0 aliphatic carbocycles. The Morgan fingerprint density at radius 1 is 1.12 bits per heavy atom. The van der Waals surface area contributed by atoms with Gasteiger partial charge in [-0.25, -0.2) is 15.0 Å². The minimum absolute atomic E-state index is 0.0360. The molecule has 4 aromatic rings. The molecule has 2 aliphatic heterocycles. The van der Waals surface area contributed by atoms with Crippen LogP contribution in [0.4, 0.5) is 0 Å². The standard InChI is InChI=1S/C25H25ClN6O2/c1-15-23(34-16(2)28-15)24(33)32-19-8-9-20(32)13-30(12-19)14-21-22(17-4-6-18(26)7-5-17)29-25-27-10-3-11-31(21)25/h3-7,10-11,19-20H,8-9,12-14H2,1-2H3. The Hall–Kier alpha value is -3.23. The van der Waals surface area contributed by atoms with Crippen molar-refractivity contribution in [3.8, 4) is 11.3 Å². The zero-order valence-electron chi connectivity index (χ0n) is 19.1. The summed E-state index contributed by atoms with van der Waals surface area (Å²) in [5.41, 5.74) is 3.67. The predicted molar refractivity (Wildman–Crippen MR) is 128 cm³/mol. The highest BCUT2D eigenvalue weighted by atomic mass is 35.5. The molecule has 2 fully saturated rings. The van der Waals surface area contributed by atoms with Gasteiger partial charge in [0, 0.05) is 61.6 Å². The van der Waals surface area contributed by atoms with Gasteiger partial charge in [-0.3, -0.25) is 14.1 Å². The summed E-state index contributed by atoms with van der Waals surface area (Å²) in [6.07, 6.45) is 5.76. The van der Waals surface area contributed by atoms with Crippen LogP contribution in [0.15, 0.2) is 47.1 Å². The van der Waals surface area contributed by atoms with Gasteiger partial charge in [-0.05, 0) is 38.0 Å². The fourth-order valence-electron chi connectivity index (χ4n) is 5.43. The van der Waals surface area contributed by atoms with Crippen LogP contribution in [0.25, 0.3) is 17.0 Å². The Morgan fingerprint density at radius 2 is 1.85 bits per heavy atom. The van der Waals surface area contributed by atoms with Crippen molar-refractivity contribution in [2.45, 2.75) is 45.3 Å². The second kappa shape index (κ2) is 8.21. The lowest BCUT2D eigenvalue weighted by Crippen LogP contribution is -2.55. The maximum Gasteiger partial charge on any atom is 0.292 e. The Balaban J connectivity index is 1.28. The van der Waals surface area contributed by atoms with Crippen LogP contribution in [0.1, 0.15) is 40.7 Å². The second-order valence-corrected chi connectivity index (χ2v) is 9.58. The SMILES string of the molecule is Cc1nc(C)c(C(=O)N2C3CCC2CN(Cc2c(-c4ccc(Cl)cc4)nc4ncccn24)C3)o1. The number of aryl methyl sites for hydroxylation is 2. The first-order chi connectivity index (χ1) is 16.5. The quantitative estimate of drug-likeness (QED) is 0.440. The Labute approximate surface area is 202 Å². The lowest BCUT2D eigenvalue weighted by molar-refractivity contribution is 0.0373. The number of imidazole rings is 1. The minimum Gasteiger partial charge on any atom is -0.436 e. The van der Waals surface area contributed by atoms with E-state index in [-0.39, 0.29) is 18.0 Å². The van der Waals surface area contributed by atoms with Crippen LogP contribution in [0, 0.1) is 13.8 Å². The summed E-state index contributed by atoms with van der Waals surface area (Å²) in [5, 5.41) is 0.696. The normalized spacial score (nSPS) is 20.4. The smallest absolute Gasteiger partial charge is 0.292 e. The number of nitrogens with zero attached hydrogens (tertiary/aromatic N) is 6. The third-order valence-corrected chi connectivity index (χ3v) is 7.14. The average Bonchev–Trinajstić information content (AvgIpc) is 3.45. The molecule has 0 spiro atoms. The Morgan fingerprint density at radius 3 is 2.53 bits per heavy atom. The van der Waals surface area contributed by atoms with E-state index in [0.29, 0.717) is 28.1 Å². The van der Waals surface area contributed by atoms with Crippen molar-refractivity contribution in [3.63, 3.8) is 0 Å². The molecule has 9 heteroatoms. The fourth-order valence-corrected chi connectivity index (χ4v) is 5.56. The number of hydrogen-bond donors (Lipinski definition) is 0. The molecule has 174 valence electrons. The molecule has 3 aromatic heterocycles. The van der Waals surface area contributed by atoms with Crippen LogP contribution in [0.3, 0.4) is 0 Å². The second-order valence-electron chi connectivity index (χ2n) is 9.14. The van der Waals surface area contributed by atoms with Crippen molar-refractivity contribution in [1.82, 2.24) is 29.2 Å². The lowest BCUT2D eigenvalue weighted by atomic mass is 10.1. The van der Waals surface area contributed by atoms with Crippen LogP contribution in [-0.2, 0) is 6.54 Å². The van der Waals surface area contributed by atoms with E-state index in [1.165, 1.54) is 0 Å². The van der Waals surface area contributed by atoms with Crippen molar-refractivity contribution in [2.24, 2.45) is 0 Å². The monoisotopic (exact) mass is 476 g/mol. The van der Waals surface area contributed by atoms with Gasteiger partial charge in [-0.15, -0.1) is 0 Å². The van der Waals surface area contributed by atoms with E-state index in [9.17, 15) is 4.79 Å². The van der Waals surface area contributed by atoms with E-state index in [1.807, 2.05) is 48.4 Å². The molecule has 0 N–H and O–H groups in total. The summed E-state index contributed by atoms with van der Waals surface area (Å²) < 4.78 is 7.70. The zero-order valence-corrected chi connectivity index (χ0v) is 19.9. The van der Waals surface area contributed by atoms with Crippen LogP contribution in [0.2, 0.25) is 5.02 Å². The Bertz CT molecular complexity index is 1360. The van der Waals surface area contributed by atoms with Gasteiger partial charge in [0.25, 0.3) is 5.91 Å². The van der Waals surface area contributed by atoms with E-state index in [4.69, 9.17) is 21.0 Å². The topological polar surface area (TPSA) is 79.8 Å².